The summed E-state index contributed by atoms with van der Waals surface area (Å²) in [5, 5.41) is 7.97. The van der Waals surface area contributed by atoms with E-state index in [0.29, 0.717) is 5.56 Å². The molecule has 2 heterocycles. The maximum Gasteiger partial charge on any atom is 0.255 e. The van der Waals surface area contributed by atoms with Crippen LogP contribution in [0.4, 0.5) is 5.69 Å². The van der Waals surface area contributed by atoms with Crippen LogP contribution < -0.4 is 5.32 Å². The highest BCUT2D eigenvalue weighted by Crippen LogP contribution is 2.31. The van der Waals surface area contributed by atoms with Gasteiger partial charge >= 0.3 is 0 Å². The van der Waals surface area contributed by atoms with Crippen LogP contribution in [0.5, 0.6) is 0 Å². The first-order valence-electron chi connectivity index (χ1n) is 8.99. The molecule has 2 aromatic heterocycles. The highest BCUT2D eigenvalue weighted by molar-refractivity contribution is 7.21. The van der Waals surface area contributed by atoms with Gasteiger partial charge in [-0.05, 0) is 48.5 Å². The van der Waals surface area contributed by atoms with Gasteiger partial charge in [0.25, 0.3) is 5.91 Å². The van der Waals surface area contributed by atoms with Crippen LogP contribution in [0, 0.1) is 0 Å². The third-order valence-corrected chi connectivity index (χ3v) is 5.56. The quantitative estimate of drug-likeness (QED) is 0.473. The zero-order chi connectivity index (χ0) is 19.6. The number of carbonyl (C=O) groups is 1. The molecule has 3 aromatic carbocycles. The smallest absolute Gasteiger partial charge is 0.255 e. The van der Waals surface area contributed by atoms with E-state index in [-0.39, 0.29) is 5.91 Å². The fraction of sp³-hybridized carbons (Fsp3) is 0. The first-order chi connectivity index (χ1) is 14.3. The van der Waals surface area contributed by atoms with Gasteiger partial charge in [-0.3, -0.25) is 4.79 Å². The molecule has 1 amide bonds. The Morgan fingerprint density at radius 2 is 1.83 bits per heavy atom. The molecule has 0 radical (unpaired) electrons. The van der Waals surface area contributed by atoms with Gasteiger partial charge in [-0.25, -0.2) is 14.6 Å². The number of anilines is 1. The van der Waals surface area contributed by atoms with Crippen molar-refractivity contribution in [3.05, 3.63) is 91.0 Å². The molecular weight excluding hydrogens is 382 g/mol. The molecule has 0 atom stereocenters. The van der Waals surface area contributed by atoms with Gasteiger partial charge in [0.15, 0.2) is 0 Å². The fourth-order valence-electron chi connectivity index (χ4n) is 3.04. The summed E-state index contributed by atoms with van der Waals surface area (Å²) in [6.07, 6.45) is 3.08. The molecule has 140 valence electrons. The van der Waals surface area contributed by atoms with Gasteiger partial charge in [0, 0.05) is 16.8 Å². The molecule has 0 saturated carbocycles. The number of thiazole rings is 1. The van der Waals surface area contributed by atoms with Crippen LogP contribution in [0.25, 0.3) is 26.5 Å². The van der Waals surface area contributed by atoms with Gasteiger partial charge in [-0.1, -0.05) is 24.3 Å². The van der Waals surface area contributed by atoms with E-state index in [9.17, 15) is 4.79 Å². The van der Waals surface area contributed by atoms with E-state index in [4.69, 9.17) is 0 Å². The van der Waals surface area contributed by atoms with Crippen LogP contribution in [0.15, 0.2) is 85.5 Å². The number of nitrogens with one attached hydrogen (secondary N) is 1. The lowest BCUT2D eigenvalue weighted by Crippen LogP contribution is -2.12. The Morgan fingerprint density at radius 3 is 2.62 bits per heavy atom. The average molecular weight is 397 g/mol. The molecule has 5 rings (SSSR count). The van der Waals surface area contributed by atoms with Gasteiger partial charge in [-0.2, -0.15) is 5.10 Å². The molecule has 0 aliphatic carbocycles. The van der Waals surface area contributed by atoms with Crippen LogP contribution in [0.2, 0.25) is 0 Å². The second kappa shape index (κ2) is 7.29. The highest BCUT2D eigenvalue weighted by Gasteiger charge is 2.10. The second-order valence-corrected chi connectivity index (χ2v) is 7.44. The average Bonchev–Trinajstić information content (AvgIpc) is 3.44. The van der Waals surface area contributed by atoms with Crippen LogP contribution in [0.3, 0.4) is 0 Å². The van der Waals surface area contributed by atoms with E-state index in [2.05, 4.69) is 26.4 Å². The molecule has 0 bridgehead atoms. The molecule has 0 spiro atoms. The van der Waals surface area contributed by atoms with Crippen molar-refractivity contribution < 1.29 is 4.79 Å². The Labute approximate surface area is 170 Å². The molecule has 0 saturated heterocycles. The standard InChI is InChI=1S/C22H15N5OS/c28-21(15-8-10-18(11-9-15)27-14-23-13-24-27)25-17-5-3-4-16(12-17)22-26-19-6-1-2-7-20(19)29-22/h1-14H,(H,25,28). The van der Waals surface area contributed by atoms with E-state index in [1.54, 1.807) is 34.5 Å². The number of amides is 1. The summed E-state index contributed by atoms with van der Waals surface area (Å²) < 4.78 is 2.78. The van der Waals surface area contributed by atoms with Crippen molar-refractivity contribution in [2.75, 3.05) is 5.32 Å². The first kappa shape index (κ1) is 17.3. The van der Waals surface area contributed by atoms with E-state index in [1.165, 1.54) is 6.33 Å². The molecule has 7 heteroatoms. The first-order valence-corrected chi connectivity index (χ1v) is 9.80. The normalized spacial score (nSPS) is 10.9. The maximum atomic E-state index is 12.6. The topological polar surface area (TPSA) is 72.7 Å². The zero-order valence-corrected chi connectivity index (χ0v) is 16.0. The lowest BCUT2D eigenvalue weighted by Gasteiger charge is -2.07. The SMILES string of the molecule is O=C(Nc1cccc(-c2nc3ccccc3s2)c1)c1ccc(-n2cncn2)cc1. The number of fused-ring (bicyclic) bond motifs is 1. The summed E-state index contributed by atoms with van der Waals surface area (Å²) in [4.78, 5) is 21.3. The van der Waals surface area contributed by atoms with E-state index in [0.717, 1.165) is 32.2 Å². The van der Waals surface area contributed by atoms with Crippen LogP contribution in [0.1, 0.15) is 10.4 Å². The molecule has 0 aliphatic rings. The summed E-state index contributed by atoms with van der Waals surface area (Å²) >= 11 is 1.64. The van der Waals surface area contributed by atoms with Crippen molar-refractivity contribution in [3.8, 4) is 16.3 Å². The van der Waals surface area contributed by atoms with E-state index in [1.807, 2.05) is 54.6 Å². The minimum absolute atomic E-state index is 0.170. The van der Waals surface area contributed by atoms with E-state index >= 15 is 0 Å². The second-order valence-electron chi connectivity index (χ2n) is 6.41. The number of rotatable bonds is 4. The third kappa shape index (κ3) is 3.51. The molecule has 29 heavy (non-hydrogen) atoms. The maximum absolute atomic E-state index is 12.6. The van der Waals surface area contributed by atoms with Crippen molar-refractivity contribution >= 4 is 33.1 Å². The zero-order valence-electron chi connectivity index (χ0n) is 15.2. The molecule has 0 fully saturated rings. The molecule has 1 N–H and O–H groups in total. The number of para-hydroxylation sites is 1. The molecule has 0 aliphatic heterocycles. The van der Waals surface area contributed by atoms with Crippen molar-refractivity contribution in [2.45, 2.75) is 0 Å². The lowest BCUT2D eigenvalue weighted by atomic mass is 10.1. The highest BCUT2D eigenvalue weighted by atomic mass is 32.1. The Hall–Kier alpha value is -3.84. The van der Waals surface area contributed by atoms with Gasteiger partial charge in [0.2, 0.25) is 0 Å². The van der Waals surface area contributed by atoms with Crippen molar-refractivity contribution in [1.82, 2.24) is 19.7 Å². The lowest BCUT2D eigenvalue weighted by molar-refractivity contribution is 0.102. The molecule has 0 unspecified atom stereocenters. The van der Waals surface area contributed by atoms with Gasteiger partial charge in [0.05, 0.1) is 15.9 Å². The minimum atomic E-state index is -0.170. The van der Waals surface area contributed by atoms with Crippen LogP contribution in [-0.2, 0) is 0 Å². The van der Waals surface area contributed by atoms with Gasteiger partial charge in [-0.15, -0.1) is 11.3 Å². The van der Waals surface area contributed by atoms with Crippen LogP contribution in [-0.4, -0.2) is 25.7 Å². The predicted octanol–water partition coefficient (Wildman–Crippen LogP) is 4.80. The number of aromatic nitrogens is 4. The van der Waals surface area contributed by atoms with Crippen molar-refractivity contribution in [2.24, 2.45) is 0 Å². The third-order valence-electron chi connectivity index (χ3n) is 4.47. The van der Waals surface area contributed by atoms with Gasteiger partial charge < -0.3 is 5.32 Å². The van der Waals surface area contributed by atoms with Crippen LogP contribution >= 0.6 is 11.3 Å². The Morgan fingerprint density at radius 1 is 0.966 bits per heavy atom. The van der Waals surface area contributed by atoms with Crippen molar-refractivity contribution in [1.29, 1.82) is 0 Å². The Kier molecular flexibility index (Phi) is 4.34. The summed E-state index contributed by atoms with van der Waals surface area (Å²) in [7, 11) is 0. The molecular formula is C22H15N5OS. The monoisotopic (exact) mass is 397 g/mol. The van der Waals surface area contributed by atoms with Gasteiger partial charge in [0.1, 0.15) is 17.7 Å². The number of carbonyl (C=O) groups excluding carboxylic acids is 1. The number of hydrogen-bond acceptors (Lipinski definition) is 5. The summed E-state index contributed by atoms with van der Waals surface area (Å²) in [6.45, 7) is 0. The van der Waals surface area contributed by atoms with E-state index < -0.39 is 0 Å². The Balaban J connectivity index is 1.36. The fourth-order valence-corrected chi connectivity index (χ4v) is 4.00. The summed E-state index contributed by atoms with van der Waals surface area (Å²) in [5.74, 6) is -0.170. The minimum Gasteiger partial charge on any atom is -0.322 e. The molecule has 5 aromatic rings. The number of nitrogens with zero attached hydrogens (tertiary/aromatic N) is 4. The molecule has 6 nitrogen and oxygen atoms in total. The Bertz CT molecular complexity index is 1260. The largest absolute Gasteiger partial charge is 0.322 e. The number of hydrogen-bond donors (Lipinski definition) is 1. The predicted molar refractivity (Wildman–Crippen MR) is 114 cm³/mol. The summed E-state index contributed by atoms with van der Waals surface area (Å²) in [5.41, 5.74) is 4.10. The number of benzene rings is 3. The summed E-state index contributed by atoms with van der Waals surface area (Å²) in [6, 6.07) is 23.0. The van der Waals surface area contributed by atoms with Crippen molar-refractivity contribution in [3.63, 3.8) is 0 Å².